The molecule has 0 aliphatic heterocycles. The highest BCUT2D eigenvalue weighted by Gasteiger charge is 2.26. The van der Waals surface area contributed by atoms with Crippen LogP contribution in [0.3, 0.4) is 0 Å². The lowest BCUT2D eigenvalue weighted by Gasteiger charge is -2.19. The number of aromatic nitrogens is 2. The summed E-state index contributed by atoms with van der Waals surface area (Å²) in [7, 11) is -3.71. The summed E-state index contributed by atoms with van der Waals surface area (Å²) in [6, 6.07) is 10.7. The quantitative estimate of drug-likeness (QED) is 0.524. The lowest BCUT2D eigenvalue weighted by atomic mass is 10.0. The molecule has 27 heavy (non-hydrogen) atoms. The Kier molecular flexibility index (Phi) is 5.88. The molecule has 0 radical (unpaired) electrons. The molecule has 8 heteroatoms. The van der Waals surface area contributed by atoms with Gasteiger partial charge in [-0.2, -0.15) is 9.29 Å². The maximum Gasteiger partial charge on any atom is 0.243 e. The van der Waals surface area contributed by atoms with Gasteiger partial charge in [0.1, 0.15) is 0 Å². The summed E-state index contributed by atoms with van der Waals surface area (Å²) in [5.74, 6) is 1.03. The van der Waals surface area contributed by atoms with Crippen LogP contribution >= 0.6 is 11.3 Å². The fraction of sp³-hybridized carbons (Fsp3) is 0.263. The van der Waals surface area contributed by atoms with Crippen LogP contribution in [-0.2, 0) is 16.6 Å². The molecule has 142 valence electrons. The van der Waals surface area contributed by atoms with Crippen LogP contribution in [0.15, 0.2) is 63.9 Å². The SMILES string of the molecule is C=CCN(Cc1nc(-c2cccs2)no1)S(=O)(=O)c1ccc(C(C)C)cc1. The van der Waals surface area contributed by atoms with E-state index in [1.54, 1.807) is 12.1 Å². The molecule has 0 bridgehead atoms. The van der Waals surface area contributed by atoms with E-state index in [0.29, 0.717) is 11.7 Å². The van der Waals surface area contributed by atoms with E-state index >= 15 is 0 Å². The van der Waals surface area contributed by atoms with Crippen molar-refractivity contribution in [1.29, 1.82) is 0 Å². The molecule has 1 aromatic carbocycles. The first-order chi connectivity index (χ1) is 12.9. The van der Waals surface area contributed by atoms with E-state index in [1.807, 2.05) is 29.6 Å². The van der Waals surface area contributed by atoms with Gasteiger partial charge in [-0.1, -0.05) is 43.3 Å². The Morgan fingerprint density at radius 1 is 1.26 bits per heavy atom. The number of rotatable bonds is 8. The van der Waals surface area contributed by atoms with Crippen LogP contribution in [-0.4, -0.2) is 29.4 Å². The summed E-state index contributed by atoms with van der Waals surface area (Å²) in [6.45, 7) is 7.92. The average Bonchev–Trinajstić information content (AvgIpc) is 3.33. The first-order valence-corrected chi connectivity index (χ1v) is 10.8. The van der Waals surface area contributed by atoms with E-state index in [4.69, 9.17) is 4.52 Å². The van der Waals surface area contributed by atoms with E-state index in [1.165, 1.54) is 21.7 Å². The number of benzene rings is 1. The van der Waals surface area contributed by atoms with Crippen molar-refractivity contribution in [2.45, 2.75) is 31.2 Å². The van der Waals surface area contributed by atoms with Crippen molar-refractivity contribution < 1.29 is 12.9 Å². The summed E-state index contributed by atoms with van der Waals surface area (Å²) in [5.41, 5.74) is 1.08. The molecule has 0 fully saturated rings. The maximum atomic E-state index is 13.0. The summed E-state index contributed by atoms with van der Waals surface area (Å²) in [5, 5.41) is 5.85. The average molecular weight is 404 g/mol. The number of hydrogen-bond donors (Lipinski definition) is 0. The van der Waals surface area contributed by atoms with Gasteiger partial charge < -0.3 is 4.52 Å². The Morgan fingerprint density at radius 2 is 2.00 bits per heavy atom. The molecule has 3 rings (SSSR count). The van der Waals surface area contributed by atoms with Crippen LogP contribution in [0.25, 0.3) is 10.7 Å². The Labute approximate surface area is 163 Å². The summed E-state index contributed by atoms with van der Waals surface area (Å²) in [4.78, 5) is 5.41. The number of thiophene rings is 1. The molecule has 6 nitrogen and oxygen atoms in total. The second-order valence-corrected chi connectivity index (χ2v) is 9.18. The monoisotopic (exact) mass is 403 g/mol. The highest BCUT2D eigenvalue weighted by molar-refractivity contribution is 7.89. The van der Waals surface area contributed by atoms with Crippen LogP contribution in [0.5, 0.6) is 0 Å². The fourth-order valence-electron chi connectivity index (χ4n) is 2.54. The van der Waals surface area contributed by atoms with Gasteiger partial charge in [0, 0.05) is 6.54 Å². The standard InChI is InChI=1S/C19H21N3O3S2/c1-4-11-22(13-18-20-19(21-25-18)17-6-5-12-26-17)27(23,24)16-9-7-15(8-10-16)14(2)3/h4-10,12,14H,1,11,13H2,2-3H3. The van der Waals surface area contributed by atoms with Crippen LogP contribution in [0.2, 0.25) is 0 Å². The maximum absolute atomic E-state index is 13.0. The Morgan fingerprint density at radius 3 is 2.59 bits per heavy atom. The zero-order valence-electron chi connectivity index (χ0n) is 15.2. The summed E-state index contributed by atoms with van der Waals surface area (Å²) in [6.07, 6.45) is 1.54. The number of nitrogens with zero attached hydrogens (tertiary/aromatic N) is 3. The Balaban J connectivity index is 1.84. The third-order valence-corrected chi connectivity index (χ3v) is 6.73. The highest BCUT2D eigenvalue weighted by Crippen LogP contribution is 2.24. The van der Waals surface area contributed by atoms with E-state index in [-0.39, 0.29) is 23.9 Å². The highest BCUT2D eigenvalue weighted by atomic mass is 32.2. The van der Waals surface area contributed by atoms with E-state index < -0.39 is 10.0 Å². The van der Waals surface area contributed by atoms with Gasteiger partial charge in [-0.15, -0.1) is 17.9 Å². The van der Waals surface area contributed by atoms with Gasteiger partial charge in [-0.25, -0.2) is 8.42 Å². The lowest BCUT2D eigenvalue weighted by Crippen LogP contribution is -2.31. The van der Waals surface area contributed by atoms with Crippen molar-refractivity contribution in [3.63, 3.8) is 0 Å². The van der Waals surface area contributed by atoms with E-state index in [2.05, 4.69) is 30.6 Å². The molecular formula is C19H21N3O3S2. The molecule has 3 aromatic rings. The van der Waals surface area contributed by atoms with Gasteiger partial charge in [-0.3, -0.25) is 0 Å². The first kappa shape index (κ1) is 19.5. The molecule has 0 aliphatic carbocycles. The van der Waals surface area contributed by atoms with Crippen molar-refractivity contribution >= 4 is 21.4 Å². The third kappa shape index (κ3) is 4.35. The Hall–Kier alpha value is -2.29. The minimum Gasteiger partial charge on any atom is -0.337 e. The minimum absolute atomic E-state index is 0.0152. The smallest absolute Gasteiger partial charge is 0.243 e. The third-order valence-electron chi connectivity index (χ3n) is 4.04. The minimum atomic E-state index is -3.71. The van der Waals surface area contributed by atoms with E-state index in [9.17, 15) is 8.42 Å². The van der Waals surface area contributed by atoms with Crippen molar-refractivity contribution in [2.75, 3.05) is 6.54 Å². The molecule has 2 aromatic heterocycles. The van der Waals surface area contributed by atoms with Gasteiger partial charge in [0.05, 0.1) is 16.3 Å². The molecular weight excluding hydrogens is 382 g/mol. The summed E-state index contributed by atoms with van der Waals surface area (Å²) < 4.78 is 32.6. The summed E-state index contributed by atoms with van der Waals surface area (Å²) >= 11 is 1.49. The fourth-order valence-corrected chi connectivity index (χ4v) is 4.55. The second kappa shape index (κ2) is 8.16. The predicted octanol–water partition coefficient (Wildman–Crippen LogP) is 4.30. The lowest BCUT2D eigenvalue weighted by molar-refractivity contribution is 0.327. The topological polar surface area (TPSA) is 76.3 Å². The van der Waals surface area contributed by atoms with Gasteiger partial charge in [0.2, 0.25) is 21.7 Å². The second-order valence-electron chi connectivity index (χ2n) is 6.30. The molecule has 0 unspecified atom stereocenters. The van der Waals surface area contributed by atoms with Crippen molar-refractivity contribution in [1.82, 2.24) is 14.4 Å². The predicted molar refractivity (Wildman–Crippen MR) is 106 cm³/mol. The first-order valence-electron chi connectivity index (χ1n) is 8.49. The molecule has 0 spiro atoms. The molecule has 0 aliphatic rings. The van der Waals surface area contributed by atoms with Crippen LogP contribution in [0.1, 0.15) is 31.2 Å². The molecule has 0 amide bonds. The van der Waals surface area contributed by atoms with Crippen LogP contribution in [0.4, 0.5) is 0 Å². The van der Waals surface area contributed by atoms with Crippen molar-refractivity contribution in [3.05, 3.63) is 65.9 Å². The number of sulfonamides is 1. The zero-order valence-corrected chi connectivity index (χ0v) is 16.8. The van der Waals surface area contributed by atoms with Gasteiger partial charge in [-0.05, 0) is 35.1 Å². The van der Waals surface area contributed by atoms with Crippen LogP contribution < -0.4 is 0 Å². The molecule has 0 atom stereocenters. The number of hydrogen-bond acceptors (Lipinski definition) is 6. The molecule has 2 heterocycles. The molecule has 0 N–H and O–H groups in total. The van der Waals surface area contributed by atoms with Gasteiger partial charge >= 0.3 is 0 Å². The van der Waals surface area contributed by atoms with Gasteiger partial charge in [0.15, 0.2) is 0 Å². The Bertz CT molecular complexity index is 991. The van der Waals surface area contributed by atoms with Crippen LogP contribution in [0, 0.1) is 0 Å². The zero-order chi connectivity index (χ0) is 19.4. The molecule has 0 saturated carbocycles. The van der Waals surface area contributed by atoms with Crippen molar-refractivity contribution in [3.8, 4) is 10.7 Å². The largest absolute Gasteiger partial charge is 0.337 e. The van der Waals surface area contributed by atoms with Crippen molar-refractivity contribution in [2.24, 2.45) is 0 Å². The molecule has 0 saturated heterocycles. The normalized spacial score (nSPS) is 12.0. The van der Waals surface area contributed by atoms with Gasteiger partial charge in [0.25, 0.3) is 0 Å². The van der Waals surface area contributed by atoms with E-state index in [0.717, 1.165) is 10.4 Å².